The zero-order valence-electron chi connectivity index (χ0n) is 18.4. The second-order valence-corrected chi connectivity index (χ2v) is 11.2. The fourth-order valence-electron chi connectivity index (χ4n) is 3.81. The van der Waals surface area contributed by atoms with Crippen molar-refractivity contribution in [3.63, 3.8) is 0 Å². The Hall–Kier alpha value is -2.75. The van der Waals surface area contributed by atoms with Crippen molar-refractivity contribution in [1.29, 1.82) is 0 Å². The Morgan fingerprint density at radius 1 is 1.18 bits per heavy atom. The van der Waals surface area contributed by atoms with Crippen LogP contribution < -0.4 is 10.1 Å². The molecular weight excluding hydrogens is 458 g/mol. The number of nitrogens with zero attached hydrogens (tertiary/aromatic N) is 2. The Labute approximate surface area is 198 Å². The van der Waals surface area contributed by atoms with Crippen LogP contribution in [0.15, 0.2) is 70.5 Å². The lowest BCUT2D eigenvalue weighted by Crippen LogP contribution is -2.43. The lowest BCUT2D eigenvalue weighted by Gasteiger charge is -2.30. The number of pyridine rings is 1. The van der Waals surface area contributed by atoms with Crippen molar-refractivity contribution in [3.05, 3.63) is 77.4 Å². The van der Waals surface area contributed by atoms with Crippen LogP contribution in [0.1, 0.15) is 36.9 Å². The summed E-state index contributed by atoms with van der Waals surface area (Å²) in [6.07, 6.45) is 4.53. The number of carbonyl (C=O) groups is 1. The molecule has 2 aromatic heterocycles. The zero-order valence-corrected chi connectivity index (χ0v) is 20.0. The summed E-state index contributed by atoms with van der Waals surface area (Å²) in [5.74, 6) is 0.525. The number of piperidine rings is 1. The van der Waals surface area contributed by atoms with Crippen LogP contribution in [0.4, 0.5) is 0 Å². The maximum Gasteiger partial charge on any atom is 0.252 e. The van der Waals surface area contributed by atoms with Crippen molar-refractivity contribution < 1.29 is 17.9 Å². The lowest BCUT2D eigenvalue weighted by atomic mass is 9.96. The summed E-state index contributed by atoms with van der Waals surface area (Å²) in [5.41, 5.74) is 1.98. The standard InChI is InChI=1S/C24H27N3O4S2/c1-18(20-6-8-22(9-7-20)31-17-19-4-2-12-25-16-19)26-24(28)21-10-13-27(14-11-21)33(29,30)23-5-3-15-32-23/h2-9,12,15-16,18,21H,10-11,13-14,17H2,1H3,(H,26,28). The van der Waals surface area contributed by atoms with Gasteiger partial charge in [0.25, 0.3) is 10.0 Å². The molecular formula is C24H27N3O4S2. The van der Waals surface area contributed by atoms with Crippen molar-refractivity contribution in [1.82, 2.24) is 14.6 Å². The lowest BCUT2D eigenvalue weighted by molar-refractivity contribution is -0.126. The molecule has 1 aliphatic heterocycles. The maximum absolute atomic E-state index is 12.8. The van der Waals surface area contributed by atoms with Crippen LogP contribution in [0.5, 0.6) is 5.75 Å². The fraction of sp³-hybridized carbons (Fsp3) is 0.333. The molecule has 1 N–H and O–H groups in total. The predicted octanol–water partition coefficient (Wildman–Crippen LogP) is 4.00. The summed E-state index contributed by atoms with van der Waals surface area (Å²) in [6, 6.07) is 14.7. The molecule has 1 amide bonds. The third-order valence-electron chi connectivity index (χ3n) is 5.78. The molecule has 7 nitrogen and oxygen atoms in total. The van der Waals surface area contributed by atoms with E-state index in [4.69, 9.17) is 4.74 Å². The van der Waals surface area contributed by atoms with Crippen molar-refractivity contribution >= 4 is 27.3 Å². The van der Waals surface area contributed by atoms with Crippen LogP contribution in [0.25, 0.3) is 0 Å². The van der Waals surface area contributed by atoms with E-state index in [0.29, 0.717) is 36.7 Å². The maximum atomic E-state index is 12.8. The van der Waals surface area contributed by atoms with E-state index in [1.807, 2.05) is 43.3 Å². The molecule has 0 spiro atoms. The van der Waals surface area contributed by atoms with Gasteiger partial charge in [0.15, 0.2) is 0 Å². The van der Waals surface area contributed by atoms with Gasteiger partial charge in [0, 0.05) is 37.0 Å². The number of hydrogen-bond acceptors (Lipinski definition) is 6. The molecule has 1 atom stereocenters. The monoisotopic (exact) mass is 485 g/mol. The van der Waals surface area contributed by atoms with Gasteiger partial charge in [-0.05, 0) is 55.0 Å². The average Bonchev–Trinajstić information content (AvgIpc) is 3.40. The number of thiophene rings is 1. The third kappa shape index (κ3) is 5.79. The second kappa shape index (κ2) is 10.5. The normalized spacial score (nSPS) is 16.3. The molecule has 4 rings (SSSR count). The summed E-state index contributed by atoms with van der Waals surface area (Å²) in [7, 11) is -3.46. The molecule has 0 aliphatic carbocycles. The van der Waals surface area contributed by atoms with Gasteiger partial charge in [-0.15, -0.1) is 11.3 Å². The molecule has 1 aromatic carbocycles. The number of rotatable bonds is 8. The zero-order chi connectivity index (χ0) is 23.3. The molecule has 0 saturated carbocycles. The van der Waals surface area contributed by atoms with Crippen molar-refractivity contribution in [3.8, 4) is 5.75 Å². The highest BCUT2D eigenvalue weighted by atomic mass is 32.2. The molecule has 174 valence electrons. The first kappa shape index (κ1) is 23.4. The minimum atomic E-state index is -3.46. The van der Waals surface area contributed by atoms with E-state index in [1.165, 1.54) is 15.6 Å². The number of aromatic nitrogens is 1. The number of benzene rings is 1. The first-order chi connectivity index (χ1) is 15.9. The first-order valence-electron chi connectivity index (χ1n) is 10.9. The molecule has 1 aliphatic rings. The third-order valence-corrected chi connectivity index (χ3v) is 9.05. The van der Waals surface area contributed by atoms with Gasteiger partial charge in [-0.3, -0.25) is 9.78 Å². The molecule has 1 unspecified atom stereocenters. The molecule has 1 fully saturated rings. The summed E-state index contributed by atoms with van der Waals surface area (Å²) in [6.45, 7) is 3.10. The number of sulfonamides is 1. The van der Waals surface area contributed by atoms with Gasteiger partial charge in [-0.2, -0.15) is 4.31 Å². The molecule has 1 saturated heterocycles. The van der Waals surface area contributed by atoms with Gasteiger partial charge in [-0.25, -0.2) is 8.42 Å². The van der Waals surface area contributed by atoms with E-state index in [2.05, 4.69) is 10.3 Å². The van der Waals surface area contributed by atoms with Crippen molar-refractivity contribution in [2.24, 2.45) is 5.92 Å². The predicted molar refractivity (Wildman–Crippen MR) is 127 cm³/mol. The highest BCUT2D eigenvalue weighted by molar-refractivity contribution is 7.91. The van der Waals surface area contributed by atoms with Gasteiger partial charge >= 0.3 is 0 Å². The summed E-state index contributed by atoms with van der Waals surface area (Å²) < 4.78 is 33.0. The van der Waals surface area contributed by atoms with Gasteiger partial charge in [0.05, 0.1) is 6.04 Å². The second-order valence-electron chi connectivity index (χ2n) is 8.06. The van der Waals surface area contributed by atoms with E-state index in [9.17, 15) is 13.2 Å². The Morgan fingerprint density at radius 3 is 2.58 bits per heavy atom. The number of carbonyl (C=O) groups excluding carboxylic acids is 1. The molecule has 0 bridgehead atoms. The molecule has 33 heavy (non-hydrogen) atoms. The van der Waals surface area contributed by atoms with Crippen molar-refractivity contribution in [2.45, 2.75) is 36.6 Å². The van der Waals surface area contributed by atoms with Gasteiger partial charge in [-0.1, -0.05) is 24.3 Å². The number of hydrogen-bond donors (Lipinski definition) is 1. The molecule has 9 heteroatoms. The van der Waals surface area contributed by atoms with E-state index in [1.54, 1.807) is 29.9 Å². The van der Waals surface area contributed by atoms with E-state index >= 15 is 0 Å². The Balaban J connectivity index is 1.26. The van der Waals surface area contributed by atoms with Gasteiger partial charge < -0.3 is 10.1 Å². The first-order valence-corrected chi connectivity index (χ1v) is 13.2. The number of amides is 1. The van der Waals surface area contributed by atoms with Crippen LogP contribution >= 0.6 is 11.3 Å². The molecule has 3 heterocycles. The average molecular weight is 486 g/mol. The van der Waals surface area contributed by atoms with Crippen LogP contribution in [-0.2, 0) is 21.4 Å². The topological polar surface area (TPSA) is 88.6 Å². The largest absolute Gasteiger partial charge is 0.489 e. The Kier molecular flexibility index (Phi) is 7.42. The summed E-state index contributed by atoms with van der Waals surface area (Å²) in [5, 5.41) is 4.83. The highest BCUT2D eigenvalue weighted by Gasteiger charge is 2.32. The number of nitrogens with one attached hydrogen (secondary N) is 1. The Bertz CT molecular complexity index is 1140. The van der Waals surface area contributed by atoms with Crippen LogP contribution in [0, 0.1) is 5.92 Å². The van der Waals surface area contributed by atoms with Gasteiger partial charge in [0.2, 0.25) is 5.91 Å². The van der Waals surface area contributed by atoms with E-state index in [-0.39, 0.29) is 17.9 Å². The quantitative estimate of drug-likeness (QED) is 0.521. The minimum Gasteiger partial charge on any atom is -0.489 e. The Morgan fingerprint density at radius 2 is 1.94 bits per heavy atom. The SMILES string of the molecule is CC(NC(=O)C1CCN(S(=O)(=O)c2cccs2)CC1)c1ccc(OCc2cccnc2)cc1. The fourth-order valence-corrected chi connectivity index (χ4v) is 6.43. The minimum absolute atomic E-state index is 0.0347. The van der Waals surface area contributed by atoms with E-state index in [0.717, 1.165) is 16.9 Å². The number of ether oxygens (including phenoxy) is 1. The molecule has 0 radical (unpaired) electrons. The highest BCUT2D eigenvalue weighted by Crippen LogP contribution is 2.27. The molecule has 3 aromatic rings. The van der Waals surface area contributed by atoms with Crippen LogP contribution in [0.3, 0.4) is 0 Å². The van der Waals surface area contributed by atoms with Crippen LogP contribution in [0.2, 0.25) is 0 Å². The van der Waals surface area contributed by atoms with Gasteiger partial charge in [0.1, 0.15) is 16.6 Å². The summed E-state index contributed by atoms with van der Waals surface area (Å²) >= 11 is 1.22. The van der Waals surface area contributed by atoms with Crippen LogP contribution in [-0.4, -0.2) is 36.7 Å². The van der Waals surface area contributed by atoms with Crippen molar-refractivity contribution in [2.75, 3.05) is 13.1 Å². The summed E-state index contributed by atoms with van der Waals surface area (Å²) in [4.78, 5) is 16.9. The van der Waals surface area contributed by atoms with E-state index < -0.39 is 10.0 Å². The smallest absolute Gasteiger partial charge is 0.252 e.